The second kappa shape index (κ2) is 5.86. The summed E-state index contributed by atoms with van der Waals surface area (Å²) < 4.78 is 27.9. The molecule has 1 atom stereocenters. The Morgan fingerprint density at radius 2 is 2.33 bits per heavy atom. The fraction of sp³-hybridized carbons (Fsp3) is 0.545. The SMILES string of the molecule is O=S1(=O)CCC(NCCOc2cncc(Cl)c2)C1. The van der Waals surface area contributed by atoms with E-state index in [2.05, 4.69) is 10.3 Å². The van der Waals surface area contributed by atoms with Gasteiger partial charge in [-0.3, -0.25) is 4.98 Å². The van der Waals surface area contributed by atoms with Crippen LogP contribution in [0.3, 0.4) is 0 Å². The van der Waals surface area contributed by atoms with Gasteiger partial charge in [-0.05, 0) is 6.42 Å². The van der Waals surface area contributed by atoms with Crippen molar-refractivity contribution in [3.63, 3.8) is 0 Å². The Balaban J connectivity index is 1.68. The zero-order chi connectivity index (χ0) is 13.0. The predicted molar refractivity (Wildman–Crippen MR) is 69.8 cm³/mol. The molecule has 0 radical (unpaired) electrons. The molecule has 2 heterocycles. The van der Waals surface area contributed by atoms with Crippen LogP contribution in [0.5, 0.6) is 5.75 Å². The van der Waals surface area contributed by atoms with Gasteiger partial charge in [-0.1, -0.05) is 11.6 Å². The highest BCUT2D eigenvalue weighted by molar-refractivity contribution is 7.91. The van der Waals surface area contributed by atoms with Crippen LogP contribution in [0.1, 0.15) is 6.42 Å². The molecule has 1 fully saturated rings. The molecule has 1 aliphatic rings. The summed E-state index contributed by atoms with van der Waals surface area (Å²) in [6, 6.07) is 1.74. The molecule has 0 bridgehead atoms. The monoisotopic (exact) mass is 290 g/mol. The molecule has 2 rings (SSSR count). The summed E-state index contributed by atoms with van der Waals surface area (Å²) in [6.07, 6.45) is 3.81. The molecule has 1 unspecified atom stereocenters. The average molecular weight is 291 g/mol. The van der Waals surface area contributed by atoms with Crippen LogP contribution in [0.2, 0.25) is 5.02 Å². The van der Waals surface area contributed by atoms with Gasteiger partial charge in [-0.2, -0.15) is 0 Å². The van der Waals surface area contributed by atoms with E-state index in [0.29, 0.717) is 30.3 Å². The summed E-state index contributed by atoms with van der Waals surface area (Å²) in [4.78, 5) is 3.90. The fourth-order valence-electron chi connectivity index (χ4n) is 1.86. The number of nitrogens with zero attached hydrogens (tertiary/aromatic N) is 1. The third-order valence-corrected chi connectivity index (χ3v) is 4.69. The summed E-state index contributed by atoms with van der Waals surface area (Å²) >= 11 is 5.77. The third kappa shape index (κ3) is 4.12. The molecule has 0 amide bonds. The van der Waals surface area contributed by atoms with Crippen molar-refractivity contribution >= 4 is 21.4 Å². The summed E-state index contributed by atoms with van der Waals surface area (Å²) in [5.41, 5.74) is 0. The Bertz CT molecular complexity index is 507. The average Bonchev–Trinajstić information content (AvgIpc) is 2.65. The van der Waals surface area contributed by atoms with Gasteiger partial charge in [0.25, 0.3) is 0 Å². The largest absolute Gasteiger partial charge is 0.491 e. The van der Waals surface area contributed by atoms with Crippen LogP contribution in [-0.2, 0) is 9.84 Å². The highest BCUT2D eigenvalue weighted by Crippen LogP contribution is 2.15. The minimum atomic E-state index is -2.82. The number of hydrogen-bond donors (Lipinski definition) is 1. The van der Waals surface area contributed by atoms with E-state index in [-0.39, 0.29) is 17.5 Å². The molecule has 1 aromatic rings. The van der Waals surface area contributed by atoms with Crippen molar-refractivity contribution in [2.75, 3.05) is 24.7 Å². The molecule has 7 heteroatoms. The summed E-state index contributed by atoms with van der Waals surface area (Å²) in [5, 5.41) is 3.69. The lowest BCUT2D eigenvalue weighted by Crippen LogP contribution is -2.33. The Hall–Kier alpha value is -0.850. The molecule has 0 aliphatic carbocycles. The van der Waals surface area contributed by atoms with Gasteiger partial charge < -0.3 is 10.1 Å². The van der Waals surface area contributed by atoms with E-state index in [9.17, 15) is 8.42 Å². The van der Waals surface area contributed by atoms with Crippen LogP contribution in [0.15, 0.2) is 18.5 Å². The van der Waals surface area contributed by atoms with E-state index < -0.39 is 9.84 Å². The Morgan fingerprint density at radius 1 is 1.50 bits per heavy atom. The number of hydrogen-bond acceptors (Lipinski definition) is 5. The van der Waals surface area contributed by atoms with Crippen molar-refractivity contribution in [3.8, 4) is 5.75 Å². The molecule has 0 saturated carbocycles. The van der Waals surface area contributed by atoms with Gasteiger partial charge in [0.05, 0.1) is 22.7 Å². The van der Waals surface area contributed by atoms with E-state index in [0.717, 1.165) is 0 Å². The maximum absolute atomic E-state index is 11.2. The van der Waals surface area contributed by atoms with Gasteiger partial charge in [0.1, 0.15) is 12.4 Å². The van der Waals surface area contributed by atoms with Gasteiger partial charge in [0.15, 0.2) is 9.84 Å². The van der Waals surface area contributed by atoms with Crippen LogP contribution in [0, 0.1) is 0 Å². The Kier molecular flexibility index (Phi) is 4.42. The molecule has 100 valence electrons. The van der Waals surface area contributed by atoms with Crippen LogP contribution >= 0.6 is 11.6 Å². The van der Waals surface area contributed by atoms with E-state index in [1.165, 1.54) is 6.20 Å². The van der Waals surface area contributed by atoms with Gasteiger partial charge >= 0.3 is 0 Å². The first-order chi connectivity index (χ1) is 8.55. The van der Waals surface area contributed by atoms with Crippen molar-refractivity contribution < 1.29 is 13.2 Å². The second-order valence-corrected chi connectivity index (χ2v) is 6.91. The number of ether oxygens (including phenoxy) is 1. The third-order valence-electron chi connectivity index (χ3n) is 2.72. The fourth-order valence-corrected chi connectivity index (χ4v) is 3.73. The Labute approximate surface area is 111 Å². The molecule has 18 heavy (non-hydrogen) atoms. The predicted octanol–water partition coefficient (Wildman–Crippen LogP) is 0.891. The normalized spacial score (nSPS) is 21.9. The van der Waals surface area contributed by atoms with E-state index in [4.69, 9.17) is 16.3 Å². The zero-order valence-electron chi connectivity index (χ0n) is 9.80. The smallest absolute Gasteiger partial charge is 0.151 e. The van der Waals surface area contributed by atoms with E-state index in [1.54, 1.807) is 12.3 Å². The molecule has 1 aliphatic heterocycles. The minimum absolute atomic E-state index is 0.0519. The van der Waals surface area contributed by atoms with Crippen molar-refractivity contribution in [1.29, 1.82) is 0 Å². The molecule has 0 aromatic carbocycles. The lowest BCUT2D eigenvalue weighted by atomic mass is 10.3. The number of sulfone groups is 1. The van der Waals surface area contributed by atoms with E-state index in [1.807, 2.05) is 0 Å². The molecule has 5 nitrogen and oxygen atoms in total. The van der Waals surface area contributed by atoms with Gasteiger partial charge in [-0.25, -0.2) is 8.42 Å². The number of halogens is 1. The standard InChI is InChI=1S/C11H15ClN2O3S/c12-9-5-11(7-13-6-9)17-3-2-14-10-1-4-18(15,16)8-10/h5-7,10,14H,1-4,8H2. The highest BCUT2D eigenvalue weighted by Gasteiger charge is 2.26. The first-order valence-electron chi connectivity index (χ1n) is 5.72. The number of nitrogens with one attached hydrogen (secondary N) is 1. The van der Waals surface area contributed by atoms with Crippen LogP contribution in [0.25, 0.3) is 0 Å². The number of rotatable bonds is 5. The van der Waals surface area contributed by atoms with Crippen molar-refractivity contribution in [1.82, 2.24) is 10.3 Å². The van der Waals surface area contributed by atoms with Gasteiger partial charge in [0.2, 0.25) is 0 Å². The first kappa shape index (κ1) is 13.6. The van der Waals surface area contributed by atoms with Gasteiger partial charge in [-0.15, -0.1) is 0 Å². The quantitative estimate of drug-likeness (QED) is 0.816. The van der Waals surface area contributed by atoms with Crippen LogP contribution in [-0.4, -0.2) is 44.1 Å². The topological polar surface area (TPSA) is 68.3 Å². The second-order valence-electron chi connectivity index (χ2n) is 4.24. The van der Waals surface area contributed by atoms with E-state index >= 15 is 0 Å². The molecular weight excluding hydrogens is 276 g/mol. The van der Waals surface area contributed by atoms with Crippen molar-refractivity contribution in [2.45, 2.75) is 12.5 Å². The summed E-state index contributed by atoms with van der Waals surface area (Å²) in [7, 11) is -2.82. The lowest BCUT2D eigenvalue weighted by Gasteiger charge is -2.11. The minimum Gasteiger partial charge on any atom is -0.491 e. The highest BCUT2D eigenvalue weighted by atomic mass is 35.5. The molecule has 1 N–H and O–H groups in total. The molecular formula is C11H15ClN2O3S. The first-order valence-corrected chi connectivity index (χ1v) is 7.92. The van der Waals surface area contributed by atoms with Crippen LogP contribution < -0.4 is 10.1 Å². The molecule has 1 aromatic heterocycles. The number of pyridine rings is 1. The maximum Gasteiger partial charge on any atom is 0.151 e. The molecule has 0 spiro atoms. The summed E-state index contributed by atoms with van der Waals surface area (Å²) in [5.74, 6) is 1.12. The lowest BCUT2D eigenvalue weighted by molar-refractivity contribution is 0.306. The van der Waals surface area contributed by atoms with Gasteiger partial charge in [0, 0.05) is 24.8 Å². The van der Waals surface area contributed by atoms with Crippen molar-refractivity contribution in [3.05, 3.63) is 23.5 Å². The number of aromatic nitrogens is 1. The van der Waals surface area contributed by atoms with Crippen LogP contribution in [0.4, 0.5) is 0 Å². The summed E-state index contributed by atoms with van der Waals surface area (Å²) in [6.45, 7) is 1.06. The maximum atomic E-state index is 11.2. The Morgan fingerprint density at radius 3 is 3.00 bits per heavy atom. The zero-order valence-corrected chi connectivity index (χ0v) is 11.4. The molecule has 1 saturated heterocycles. The van der Waals surface area contributed by atoms with Crippen molar-refractivity contribution in [2.24, 2.45) is 0 Å².